The van der Waals surface area contributed by atoms with E-state index in [2.05, 4.69) is 35.3 Å². The second-order valence-corrected chi connectivity index (χ2v) is 5.30. The van der Waals surface area contributed by atoms with Crippen LogP contribution >= 0.6 is 0 Å². The summed E-state index contributed by atoms with van der Waals surface area (Å²) in [7, 11) is 0. The van der Waals surface area contributed by atoms with Crippen LogP contribution in [0.2, 0.25) is 0 Å². The average Bonchev–Trinajstić information content (AvgIpc) is 2.91. The minimum absolute atomic E-state index is 0.615. The van der Waals surface area contributed by atoms with Crippen LogP contribution in [0.5, 0.6) is 0 Å². The van der Waals surface area contributed by atoms with Gasteiger partial charge in [-0.15, -0.1) is 0 Å². The van der Waals surface area contributed by atoms with Gasteiger partial charge in [-0.05, 0) is 49.0 Å². The Labute approximate surface area is 104 Å². The lowest BCUT2D eigenvalue weighted by Crippen LogP contribution is -2.30. The van der Waals surface area contributed by atoms with Gasteiger partial charge >= 0.3 is 0 Å². The fraction of sp³-hybridized carbons (Fsp3) is 0.600. The van der Waals surface area contributed by atoms with Crippen LogP contribution < -0.4 is 5.32 Å². The van der Waals surface area contributed by atoms with Gasteiger partial charge in [0.1, 0.15) is 0 Å². The minimum atomic E-state index is 0.615. The molecule has 1 atom stereocenters. The van der Waals surface area contributed by atoms with E-state index in [1.165, 1.54) is 44.5 Å². The predicted octanol–water partition coefficient (Wildman–Crippen LogP) is 2.49. The van der Waals surface area contributed by atoms with Crippen LogP contribution in [-0.2, 0) is 13.0 Å². The normalized spacial score (nSPS) is 24.9. The lowest BCUT2D eigenvalue weighted by Gasteiger charge is -2.28. The lowest BCUT2D eigenvalue weighted by molar-refractivity contribution is 0.268. The Kier molecular flexibility index (Phi) is 3.17. The number of benzene rings is 1. The number of hydrogen-bond acceptors (Lipinski definition) is 2. The molecule has 2 aliphatic rings. The van der Waals surface area contributed by atoms with Gasteiger partial charge in [-0.2, -0.15) is 0 Å². The number of nitrogens with zero attached hydrogens (tertiary/aromatic N) is 1. The zero-order valence-corrected chi connectivity index (χ0v) is 10.7. The van der Waals surface area contributed by atoms with E-state index < -0.39 is 0 Å². The van der Waals surface area contributed by atoms with E-state index in [1.54, 1.807) is 11.1 Å². The molecule has 0 radical (unpaired) electrons. The molecule has 3 rings (SSSR count). The monoisotopic (exact) mass is 230 g/mol. The fourth-order valence-electron chi connectivity index (χ4n) is 3.09. The Morgan fingerprint density at radius 3 is 3.06 bits per heavy atom. The van der Waals surface area contributed by atoms with Crippen molar-refractivity contribution < 1.29 is 0 Å². The van der Waals surface area contributed by atoms with E-state index in [0.29, 0.717) is 6.04 Å². The van der Waals surface area contributed by atoms with Crippen molar-refractivity contribution in [2.75, 3.05) is 19.6 Å². The molecule has 1 unspecified atom stereocenters. The molecular weight excluding hydrogens is 208 g/mol. The van der Waals surface area contributed by atoms with Crippen molar-refractivity contribution in [1.82, 2.24) is 10.2 Å². The second kappa shape index (κ2) is 4.79. The Balaban J connectivity index is 1.82. The molecule has 0 amide bonds. The van der Waals surface area contributed by atoms with Crippen LogP contribution in [0, 0.1) is 0 Å². The molecule has 92 valence electrons. The fourth-order valence-corrected chi connectivity index (χ4v) is 3.09. The molecule has 1 aromatic carbocycles. The average molecular weight is 230 g/mol. The highest BCUT2D eigenvalue weighted by molar-refractivity contribution is 5.35. The van der Waals surface area contributed by atoms with Crippen LogP contribution in [0.3, 0.4) is 0 Å². The topological polar surface area (TPSA) is 15.3 Å². The van der Waals surface area contributed by atoms with Crippen molar-refractivity contribution in [3.05, 3.63) is 34.9 Å². The summed E-state index contributed by atoms with van der Waals surface area (Å²) in [6, 6.07) is 7.75. The summed E-state index contributed by atoms with van der Waals surface area (Å²) < 4.78 is 0. The first kappa shape index (κ1) is 11.2. The Hall–Kier alpha value is -0.860. The van der Waals surface area contributed by atoms with Gasteiger partial charge in [0.05, 0.1) is 0 Å². The van der Waals surface area contributed by atoms with Crippen molar-refractivity contribution >= 4 is 0 Å². The van der Waals surface area contributed by atoms with Crippen molar-refractivity contribution in [2.24, 2.45) is 0 Å². The van der Waals surface area contributed by atoms with Gasteiger partial charge in [0.2, 0.25) is 0 Å². The zero-order valence-electron chi connectivity index (χ0n) is 10.7. The van der Waals surface area contributed by atoms with E-state index in [1.807, 2.05) is 0 Å². The van der Waals surface area contributed by atoms with Crippen LogP contribution in [-0.4, -0.2) is 24.5 Å². The molecule has 2 heteroatoms. The maximum absolute atomic E-state index is 3.59. The van der Waals surface area contributed by atoms with Gasteiger partial charge in [0.25, 0.3) is 0 Å². The largest absolute Gasteiger partial charge is 0.310 e. The molecule has 17 heavy (non-hydrogen) atoms. The van der Waals surface area contributed by atoms with Gasteiger partial charge in [-0.25, -0.2) is 0 Å². The highest BCUT2D eigenvalue weighted by atomic mass is 15.1. The molecule has 2 heterocycles. The molecule has 1 fully saturated rings. The van der Waals surface area contributed by atoms with E-state index in [0.717, 1.165) is 6.54 Å². The van der Waals surface area contributed by atoms with Crippen LogP contribution in [0.15, 0.2) is 18.2 Å². The van der Waals surface area contributed by atoms with Gasteiger partial charge in [0.15, 0.2) is 0 Å². The Morgan fingerprint density at radius 1 is 1.35 bits per heavy atom. The second-order valence-electron chi connectivity index (χ2n) is 5.30. The summed E-state index contributed by atoms with van der Waals surface area (Å²) in [4.78, 5) is 2.52. The third-order valence-electron chi connectivity index (χ3n) is 4.23. The zero-order chi connectivity index (χ0) is 11.7. The first-order chi connectivity index (χ1) is 8.36. The molecule has 0 bridgehead atoms. The Morgan fingerprint density at radius 2 is 2.29 bits per heavy atom. The number of likely N-dealkylation sites (N-methyl/N-ethyl adjacent to an activating group) is 1. The van der Waals surface area contributed by atoms with E-state index in [9.17, 15) is 0 Å². The van der Waals surface area contributed by atoms with Crippen LogP contribution in [0.1, 0.15) is 42.5 Å². The van der Waals surface area contributed by atoms with Gasteiger partial charge in [0, 0.05) is 19.1 Å². The summed E-state index contributed by atoms with van der Waals surface area (Å²) in [6.07, 6.45) is 3.86. The highest BCUT2D eigenvalue weighted by Crippen LogP contribution is 2.27. The summed E-state index contributed by atoms with van der Waals surface area (Å²) in [5, 5.41) is 3.59. The lowest BCUT2D eigenvalue weighted by atomic mass is 9.94. The number of rotatable bonds is 2. The van der Waals surface area contributed by atoms with Crippen molar-refractivity contribution in [1.29, 1.82) is 0 Å². The van der Waals surface area contributed by atoms with Crippen LogP contribution in [0.4, 0.5) is 0 Å². The van der Waals surface area contributed by atoms with E-state index in [4.69, 9.17) is 0 Å². The van der Waals surface area contributed by atoms with Crippen LogP contribution in [0.25, 0.3) is 0 Å². The first-order valence-corrected chi connectivity index (χ1v) is 6.94. The molecule has 1 N–H and O–H groups in total. The summed E-state index contributed by atoms with van der Waals surface area (Å²) in [5.74, 6) is 0. The number of fused-ring (bicyclic) bond motifs is 1. The number of hydrogen-bond donors (Lipinski definition) is 1. The molecular formula is C15H22N2. The first-order valence-electron chi connectivity index (χ1n) is 6.94. The molecule has 2 aliphatic heterocycles. The van der Waals surface area contributed by atoms with Crippen molar-refractivity contribution in [3.63, 3.8) is 0 Å². The summed E-state index contributed by atoms with van der Waals surface area (Å²) >= 11 is 0. The maximum atomic E-state index is 3.59. The highest BCUT2D eigenvalue weighted by Gasteiger charge is 2.19. The van der Waals surface area contributed by atoms with E-state index in [-0.39, 0.29) is 0 Å². The van der Waals surface area contributed by atoms with Gasteiger partial charge in [-0.1, -0.05) is 25.1 Å². The number of nitrogens with one attached hydrogen (secondary N) is 1. The molecule has 1 aromatic rings. The summed E-state index contributed by atoms with van der Waals surface area (Å²) in [5.41, 5.74) is 4.63. The summed E-state index contributed by atoms with van der Waals surface area (Å²) in [6.45, 7) is 6.98. The van der Waals surface area contributed by atoms with Gasteiger partial charge < -0.3 is 5.32 Å². The third kappa shape index (κ3) is 2.24. The molecule has 0 saturated carbocycles. The Bertz CT molecular complexity index is 394. The standard InChI is InChI=1S/C15H22N2/c1-2-17-9-7-12-10-13(5-6-14(12)11-17)15-4-3-8-16-15/h5-6,10,15-16H,2-4,7-9,11H2,1H3. The third-order valence-corrected chi connectivity index (χ3v) is 4.23. The molecule has 0 spiro atoms. The van der Waals surface area contributed by atoms with Crippen molar-refractivity contribution in [3.8, 4) is 0 Å². The van der Waals surface area contributed by atoms with Gasteiger partial charge in [-0.3, -0.25) is 4.90 Å². The molecule has 0 aromatic heterocycles. The van der Waals surface area contributed by atoms with E-state index >= 15 is 0 Å². The van der Waals surface area contributed by atoms with Crippen molar-refractivity contribution in [2.45, 2.75) is 38.8 Å². The molecule has 0 aliphatic carbocycles. The maximum Gasteiger partial charge on any atom is 0.0320 e. The quantitative estimate of drug-likeness (QED) is 0.839. The minimum Gasteiger partial charge on any atom is -0.310 e. The molecule has 1 saturated heterocycles. The molecule has 2 nitrogen and oxygen atoms in total. The predicted molar refractivity (Wildman–Crippen MR) is 71.1 cm³/mol. The SMILES string of the molecule is CCN1CCc2cc(C3CCCN3)ccc2C1. The smallest absolute Gasteiger partial charge is 0.0320 e.